The lowest BCUT2D eigenvalue weighted by Gasteiger charge is -2.45. The zero-order chi connectivity index (χ0) is 34.0. The summed E-state index contributed by atoms with van der Waals surface area (Å²) in [5, 5.41) is 2.08. The summed E-state index contributed by atoms with van der Waals surface area (Å²) in [5.74, 6) is 1.24. The molecule has 0 bridgehead atoms. The van der Waals surface area contributed by atoms with Gasteiger partial charge in [0.2, 0.25) is 0 Å². The number of carbonyl (C=O) groups excluding carboxylic acids is 1. The van der Waals surface area contributed by atoms with Crippen LogP contribution in [0.4, 0.5) is 0 Å². The summed E-state index contributed by atoms with van der Waals surface area (Å²) in [4.78, 5) is 12.0. The van der Waals surface area contributed by atoms with Crippen LogP contribution in [0.15, 0.2) is 84.0 Å². The molecule has 0 spiro atoms. The van der Waals surface area contributed by atoms with Gasteiger partial charge in [0.25, 0.3) is 0 Å². The van der Waals surface area contributed by atoms with E-state index in [-0.39, 0.29) is 28.6 Å². The lowest BCUT2D eigenvalue weighted by molar-refractivity contribution is -0.148. The first kappa shape index (κ1) is 36.1. The smallest absolute Gasteiger partial charge is 0.302 e. The Morgan fingerprint density at radius 1 is 0.979 bits per heavy atom. The molecule has 3 aliphatic carbocycles. The Balaban J connectivity index is 1.36. The second kappa shape index (κ2) is 14.3. The average molecular weight is 675 g/mol. The minimum atomic E-state index is -2.77. The van der Waals surface area contributed by atoms with Crippen molar-refractivity contribution < 1.29 is 18.5 Å². The highest BCUT2D eigenvalue weighted by molar-refractivity contribution is 7.78. The number of esters is 1. The third-order valence-electron chi connectivity index (χ3n) is 12.3. The first-order valence-corrected chi connectivity index (χ1v) is 22.9. The van der Waals surface area contributed by atoms with Crippen molar-refractivity contribution in [1.29, 1.82) is 0 Å². The predicted octanol–water partition coefficient (Wildman–Crippen LogP) is 10.2. The van der Waals surface area contributed by atoms with Crippen molar-refractivity contribution in [2.24, 2.45) is 23.2 Å². The normalized spacial score (nSPS) is 29.4. The fourth-order valence-corrected chi connectivity index (χ4v) is 13.4. The molecule has 0 saturated heterocycles. The highest BCUT2D eigenvalue weighted by atomic mass is 31.2. The summed E-state index contributed by atoms with van der Waals surface area (Å²) >= 11 is 0. The Bertz CT molecular complexity index is 1450. The minimum Gasteiger partial charge on any atom is -0.462 e. The zero-order valence-corrected chi connectivity index (χ0v) is 32.2. The summed E-state index contributed by atoms with van der Waals surface area (Å²) in [7, 11) is -4.73. The Morgan fingerprint density at radius 2 is 1.57 bits per heavy atom. The second-order valence-corrected chi connectivity index (χ2v) is 24.2. The van der Waals surface area contributed by atoms with Crippen molar-refractivity contribution in [1.82, 2.24) is 0 Å². The van der Waals surface area contributed by atoms with Crippen molar-refractivity contribution >= 4 is 32.0 Å². The monoisotopic (exact) mass is 674 g/mol. The Kier molecular flexibility index (Phi) is 11.0. The number of carbonyl (C=O) groups is 1. The van der Waals surface area contributed by atoms with Crippen LogP contribution in [0.2, 0.25) is 18.1 Å². The van der Waals surface area contributed by atoms with Gasteiger partial charge >= 0.3 is 5.97 Å². The number of hydrogen-bond acceptors (Lipinski definition) is 4. The summed E-state index contributed by atoms with van der Waals surface area (Å²) in [5.41, 5.74) is 3.12. The van der Waals surface area contributed by atoms with Crippen molar-refractivity contribution in [3.8, 4) is 0 Å². The van der Waals surface area contributed by atoms with Crippen LogP contribution in [0.5, 0.6) is 0 Å². The lowest BCUT2D eigenvalue weighted by Crippen LogP contribution is -2.46. The van der Waals surface area contributed by atoms with Gasteiger partial charge in [-0.1, -0.05) is 119 Å². The lowest BCUT2D eigenvalue weighted by atomic mass is 9.61. The molecule has 0 amide bonds. The summed E-state index contributed by atoms with van der Waals surface area (Å²) < 4.78 is 27.6. The van der Waals surface area contributed by atoms with Crippen LogP contribution in [-0.4, -0.2) is 32.7 Å². The van der Waals surface area contributed by atoms with Crippen LogP contribution in [-0.2, 0) is 18.5 Å². The molecule has 0 heterocycles. The fraction of sp³-hybridized carbons (Fsp3) is 0.585. The molecule has 256 valence electrons. The first-order chi connectivity index (χ1) is 22.1. The van der Waals surface area contributed by atoms with E-state index in [4.69, 9.17) is 9.16 Å². The van der Waals surface area contributed by atoms with Crippen LogP contribution >= 0.6 is 7.14 Å². The van der Waals surface area contributed by atoms with E-state index in [1.807, 2.05) is 36.4 Å². The third-order valence-corrected chi connectivity index (χ3v) is 20.1. The van der Waals surface area contributed by atoms with Gasteiger partial charge in [0, 0.05) is 36.5 Å². The van der Waals surface area contributed by atoms with Crippen LogP contribution in [0.1, 0.15) is 92.9 Å². The number of benzene rings is 2. The molecule has 0 aliphatic heterocycles. The molecule has 2 aromatic carbocycles. The highest BCUT2D eigenvalue weighted by Crippen LogP contribution is 2.61. The molecule has 6 heteroatoms. The number of allylic oxidation sites excluding steroid dienone is 3. The van der Waals surface area contributed by atoms with E-state index >= 15 is 0 Å². The average Bonchev–Trinajstić information content (AvgIpc) is 3.37. The molecule has 2 unspecified atom stereocenters. The van der Waals surface area contributed by atoms with E-state index in [0.717, 1.165) is 36.3 Å². The topological polar surface area (TPSA) is 52.6 Å². The van der Waals surface area contributed by atoms with E-state index in [1.165, 1.54) is 38.2 Å². The number of ether oxygens (including phenoxy) is 1. The number of fused-ring (bicyclic) bond motifs is 1. The molecule has 5 rings (SSSR count). The van der Waals surface area contributed by atoms with Crippen molar-refractivity contribution in [2.75, 3.05) is 6.16 Å². The van der Waals surface area contributed by atoms with Gasteiger partial charge in [-0.25, -0.2) is 0 Å². The molecule has 2 aromatic rings. The second-order valence-electron chi connectivity index (χ2n) is 16.6. The fourth-order valence-electron chi connectivity index (χ4n) is 8.94. The van der Waals surface area contributed by atoms with Crippen molar-refractivity contribution in [2.45, 2.75) is 123 Å². The van der Waals surface area contributed by atoms with E-state index in [1.54, 1.807) is 5.57 Å². The van der Waals surface area contributed by atoms with Gasteiger partial charge in [0.15, 0.2) is 8.32 Å². The maximum absolute atomic E-state index is 15.0. The van der Waals surface area contributed by atoms with Gasteiger partial charge in [0.05, 0.1) is 6.10 Å². The van der Waals surface area contributed by atoms with Gasteiger partial charge in [-0.05, 0) is 79.8 Å². The van der Waals surface area contributed by atoms with Gasteiger partial charge in [-0.15, -0.1) is 0 Å². The molecule has 0 N–H and O–H groups in total. The minimum absolute atomic E-state index is 0.0805. The molecule has 4 nitrogen and oxygen atoms in total. The first-order valence-electron chi connectivity index (χ1n) is 18.1. The van der Waals surface area contributed by atoms with Gasteiger partial charge in [-0.3, -0.25) is 4.79 Å². The van der Waals surface area contributed by atoms with Crippen LogP contribution in [0.25, 0.3) is 0 Å². The van der Waals surface area contributed by atoms with E-state index in [9.17, 15) is 9.36 Å². The predicted molar refractivity (Wildman–Crippen MR) is 200 cm³/mol. The van der Waals surface area contributed by atoms with Crippen LogP contribution in [0.3, 0.4) is 0 Å². The summed E-state index contributed by atoms with van der Waals surface area (Å²) in [6.07, 6.45) is 13.9. The Morgan fingerprint density at radius 3 is 2.15 bits per heavy atom. The van der Waals surface area contributed by atoms with Gasteiger partial charge in [-0.2, -0.15) is 0 Å². The maximum Gasteiger partial charge on any atom is 0.302 e. The summed E-state index contributed by atoms with van der Waals surface area (Å²) in [6.45, 7) is 17.9. The number of rotatable bonds is 9. The molecular weight excluding hydrogens is 616 g/mol. The zero-order valence-electron chi connectivity index (χ0n) is 30.3. The quantitative estimate of drug-likeness (QED) is 0.151. The van der Waals surface area contributed by atoms with Gasteiger partial charge < -0.3 is 13.7 Å². The van der Waals surface area contributed by atoms with Gasteiger partial charge in [0.1, 0.15) is 13.2 Å². The molecule has 0 radical (unpaired) electrons. The molecular formula is C41H59O4PSi. The maximum atomic E-state index is 15.0. The molecule has 3 aliphatic rings. The van der Waals surface area contributed by atoms with E-state index in [0.29, 0.717) is 23.9 Å². The standard InChI is InChI=1S/C41H59O4PSi/c1-30(29-46(43,36-17-11-9-12-18-36)37-19-13-10-14-20-37)38-23-24-39-33(16-15-25-41(38,39)6)22-21-32-26-34(44-31(2)42)28-35(27-32)45-47(7,8)40(3,4)5/h9-14,17-22,30,34-35,38-39H,15-16,23-29H2,1-8H3/t30-,34-,35-,38?,39?,41-/m1/s1. The molecule has 0 aromatic heterocycles. The van der Waals surface area contributed by atoms with E-state index in [2.05, 4.69) is 84.1 Å². The highest BCUT2D eigenvalue weighted by Gasteiger charge is 2.51. The van der Waals surface area contributed by atoms with E-state index < -0.39 is 15.5 Å². The Labute approximate surface area is 286 Å². The van der Waals surface area contributed by atoms with Crippen LogP contribution in [0, 0.1) is 23.2 Å². The molecule has 47 heavy (non-hydrogen) atoms. The number of hydrogen-bond donors (Lipinski definition) is 0. The molecule has 6 atom stereocenters. The molecule has 3 saturated carbocycles. The Hall–Kier alpha value is -2.20. The summed E-state index contributed by atoms with van der Waals surface area (Å²) in [6, 6.07) is 20.4. The van der Waals surface area contributed by atoms with Crippen LogP contribution < -0.4 is 10.6 Å². The van der Waals surface area contributed by atoms with Crippen molar-refractivity contribution in [3.05, 3.63) is 84.0 Å². The third kappa shape index (κ3) is 8.00. The SMILES string of the molecule is CC(=O)O[C@@H]1CC(=CC=C2CCC[C@@]3(C)C2CCC3[C@H](C)CP(=O)(c2ccccc2)c2ccccc2)C[C@@H](O[Si](C)(C)C(C)(C)C)C1. The molecule has 3 fully saturated rings. The largest absolute Gasteiger partial charge is 0.462 e. The van der Waals surface area contributed by atoms with Crippen molar-refractivity contribution in [3.63, 3.8) is 0 Å².